The van der Waals surface area contributed by atoms with Crippen molar-refractivity contribution in [3.05, 3.63) is 58.7 Å². The number of ether oxygens (including phenoxy) is 1. The molecule has 3 heterocycles. The lowest BCUT2D eigenvalue weighted by atomic mass is 10.0. The molecule has 4 rings (SSSR count). The molecule has 1 saturated heterocycles. The number of rotatable bonds is 4. The fourth-order valence-corrected chi connectivity index (χ4v) is 3.77. The Morgan fingerprint density at radius 1 is 1.26 bits per heavy atom. The van der Waals surface area contributed by atoms with Gasteiger partial charge in [0.1, 0.15) is 0 Å². The van der Waals surface area contributed by atoms with Crippen LogP contribution < -0.4 is 5.32 Å². The fraction of sp³-hybridized carbons (Fsp3) is 0.286. The first-order valence-electron chi connectivity index (χ1n) is 9.06. The maximum absolute atomic E-state index is 13.1. The lowest BCUT2D eigenvalue weighted by Gasteiger charge is -2.20. The average molecular weight is 426 g/mol. The lowest BCUT2D eigenvalue weighted by Crippen LogP contribution is -2.40. The highest BCUT2D eigenvalue weighted by molar-refractivity contribution is 9.10. The van der Waals surface area contributed by atoms with Crippen LogP contribution in [0.3, 0.4) is 0 Å². The van der Waals surface area contributed by atoms with Gasteiger partial charge < -0.3 is 10.1 Å². The highest BCUT2D eigenvalue weighted by atomic mass is 79.9. The second-order valence-electron chi connectivity index (χ2n) is 6.75. The molecule has 2 atom stereocenters. The van der Waals surface area contributed by atoms with Crippen LogP contribution in [0.2, 0.25) is 0 Å². The van der Waals surface area contributed by atoms with Crippen LogP contribution in [0.4, 0.5) is 0 Å². The molecule has 1 aliphatic rings. The topological polar surface area (TPSA) is 64.1 Å². The van der Waals surface area contributed by atoms with E-state index in [-0.39, 0.29) is 18.1 Å². The van der Waals surface area contributed by atoms with Crippen molar-refractivity contribution in [2.75, 3.05) is 6.61 Å². The Morgan fingerprint density at radius 2 is 2.15 bits per heavy atom. The van der Waals surface area contributed by atoms with Crippen molar-refractivity contribution < 1.29 is 9.53 Å². The predicted octanol–water partition coefficient (Wildman–Crippen LogP) is 4.36. The van der Waals surface area contributed by atoms with E-state index in [4.69, 9.17) is 9.72 Å². The summed E-state index contributed by atoms with van der Waals surface area (Å²) in [5.74, 6) is -0.124. The van der Waals surface area contributed by atoms with Crippen molar-refractivity contribution in [1.82, 2.24) is 15.3 Å². The van der Waals surface area contributed by atoms with Gasteiger partial charge in [-0.05, 0) is 56.2 Å². The van der Waals surface area contributed by atoms with E-state index >= 15 is 0 Å². The molecule has 3 aromatic rings. The van der Waals surface area contributed by atoms with Crippen LogP contribution in [0.1, 0.15) is 30.1 Å². The van der Waals surface area contributed by atoms with Crippen LogP contribution in [-0.4, -0.2) is 34.6 Å². The third kappa shape index (κ3) is 3.87. The summed E-state index contributed by atoms with van der Waals surface area (Å²) in [5, 5.41) is 3.91. The van der Waals surface area contributed by atoms with E-state index in [1.165, 1.54) is 0 Å². The fourth-order valence-electron chi connectivity index (χ4n) is 3.41. The Morgan fingerprint density at radius 3 is 2.89 bits per heavy atom. The zero-order valence-electron chi connectivity index (χ0n) is 15.0. The van der Waals surface area contributed by atoms with Gasteiger partial charge in [-0.3, -0.25) is 9.78 Å². The number of amides is 1. The van der Waals surface area contributed by atoms with E-state index in [1.807, 2.05) is 49.4 Å². The molecule has 0 unspecified atom stereocenters. The van der Waals surface area contributed by atoms with Gasteiger partial charge in [-0.2, -0.15) is 0 Å². The van der Waals surface area contributed by atoms with E-state index in [2.05, 4.69) is 26.2 Å². The molecule has 0 radical (unpaired) electrons. The van der Waals surface area contributed by atoms with Crippen molar-refractivity contribution in [3.8, 4) is 11.4 Å². The highest BCUT2D eigenvalue weighted by Gasteiger charge is 2.25. The molecule has 0 spiro atoms. The summed E-state index contributed by atoms with van der Waals surface area (Å²) >= 11 is 3.49. The number of aromatic nitrogens is 2. The van der Waals surface area contributed by atoms with Crippen molar-refractivity contribution in [2.24, 2.45) is 0 Å². The Bertz CT molecular complexity index is 972. The van der Waals surface area contributed by atoms with E-state index in [0.717, 1.165) is 40.5 Å². The van der Waals surface area contributed by atoms with Crippen LogP contribution in [0.5, 0.6) is 0 Å². The molecular formula is C21H20BrN3O2. The van der Waals surface area contributed by atoms with Crippen LogP contribution >= 0.6 is 15.9 Å². The van der Waals surface area contributed by atoms with E-state index in [0.29, 0.717) is 11.3 Å². The first kappa shape index (κ1) is 18.1. The molecule has 1 aliphatic heterocycles. The number of hydrogen-bond acceptors (Lipinski definition) is 4. The van der Waals surface area contributed by atoms with Gasteiger partial charge in [-0.15, -0.1) is 0 Å². The lowest BCUT2D eigenvalue weighted by molar-refractivity contribution is 0.0713. The minimum Gasteiger partial charge on any atom is -0.376 e. The van der Waals surface area contributed by atoms with Gasteiger partial charge in [-0.1, -0.05) is 22.0 Å². The summed E-state index contributed by atoms with van der Waals surface area (Å²) < 4.78 is 6.61. The Balaban J connectivity index is 1.75. The van der Waals surface area contributed by atoms with Crippen molar-refractivity contribution >= 4 is 32.7 Å². The van der Waals surface area contributed by atoms with Crippen LogP contribution in [0, 0.1) is 0 Å². The zero-order chi connectivity index (χ0) is 18.8. The average Bonchev–Trinajstić information content (AvgIpc) is 3.23. The monoisotopic (exact) mass is 425 g/mol. The summed E-state index contributed by atoms with van der Waals surface area (Å²) in [7, 11) is 0. The van der Waals surface area contributed by atoms with Crippen LogP contribution in [0.15, 0.2) is 53.1 Å². The molecule has 1 aromatic carbocycles. The Labute approximate surface area is 166 Å². The number of halogens is 1. The van der Waals surface area contributed by atoms with E-state index in [9.17, 15) is 4.79 Å². The number of carbonyl (C=O) groups is 1. The maximum Gasteiger partial charge on any atom is 0.252 e. The SMILES string of the molecule is C[C@H](NC(=O)c1cc(-c2ccccn2)nc2ccc(Br)cc12)[C@@H]1CCCO1. The Hall–Kier alpha value is -2.31. The molecule has 138 valence electrons. The normalized spacial score (nSPS) is 17.8. The molecule has 6 heteroatoms. The summed E-state index contributed by atoms with van der Waals surface area (Å²) in [5.41, 5.74) is 2.77. The molecule has 27 heavy (non-hydrogen) atoms. The van der Waals surface area contributed by atoms with Gasteiger partial charge in [-0.25, -0.2) is 4.98 Å². The molecule has 5 nitrogen and oxygen atoms in total. The number of benzene rings is 1. The van der Waals surface area contributed by atoms with Gasteiger partial charge in [0, 0.05) is 22.7 Å². The molecule has 1 N–H and O–H groups in total. The first-order valence-corrected chi connectivity index (χ1v) is 9.85. The summed E-state index contributed by atoms with van der Waals surface area (Å²) in [6, 6.07) is 13.2. The second kappa shape index (κ2) is 7.74. The number of fused-ring (bicyclic) bond motifs is 1. The van der Waals surface area contributed by atoms with Crippen LogP contribution in [-0.2, 0) is 4.74 Å². The number of carbonyl (C=O) groups excluding carboxylic acids is 1. The summed E-state index contributed by atoms with van der Waals surface area (Å²) in [6.45, 7) is 2.76. The number of hydrogen-bond donors (Lipinski definition) is 1. The van der Waals surface area contributed by atoms with Gasteiger partial charge in [0.2, 0.25) is 0 Å². The maximum atomic E-state index is 13.1. The van der Waals surface area contributed by atoms with Gasteiger partial charge in [0.15, 0.2) is 0 Å². The molecule has 1 amide bonds. The minimum atomic E-state index is -0.124. The smallest absolute Gasteiger partial charge is 0.252 e. The molecule has 0 saturated carbocycles. The van der Waals surface area contributed by atoms with Gasteiger partial charge in [0.25, 0.3) is 5.91 Å². The quantitative estimate of drug-likeness (QED) is 0.674. The minimum absolute atomic E-state index is 0.0475. The predicted molar refractivity (Wildman–Crippen MR) is 109 cm³/mol. The van der Waals surface area contributed by atoms with E-state index in [1.54, 1.807) is 6.20 Å². The van der Waals surface area contributed by atoms with Gasteiger partial charge in [0.05, 0.1) is 34.6 Å². The van der Waals surface area contributed by atoms with Crippen LogP contribution in [0.25, 0.3) is 22.3 Å². The van der Waals surface area contributed by atoms with Crippen molar-refractivity contribution in [3.63, 3.8) is 0 Å². The number of nitrogens with one attached hydrogen (secondary N) is 1. The highest BCUT2D eigenvalue weighted by Crippen LogP contribution is 2.27. The van der Waals surface area contributed by atoms with Gasteiger partial charge >= 0.3 is 0 Å². The number of pyridine rings is 2. The molecule has 1 fully saturated rings. The second-order valence-corrected chi connectivity index (χ2v) is 7.66. The molecule has 0 bridgehead atoms. The standard InChI is InChI=1S/C21H20BrN3O2/c1-13(20-6-4-10-27-20)24-21(26)16-12-19(18-5-2-3-9-23-18)25-17-8-7-14(22)11-15(16)17/h2-3,5,7-9,11-13,20H,4,6,10H2,1H3,(H,24,26)/t13-,20-/m0/s1. The Kier molecular flexibility index (Phi) is 5.18. The van der Waals surface area contributed by atoms with Crippen molar-refractivity contribution in [1.29, 1.82) is 0 Å². The molecule has 2 aromatic heterocycles. The van der Waals surface area contributed by atoms with E-state index < -0.39 is 0 Å². The summed E-state index contributed by atoms with van der Waals surface area (Å²) in [6.07, 6.45) is 3.81. The zero-order valence-corrected chi connectivity index (χ0v) is 16.6. The third-order valence-electron chi connectivity index (χ3n) is 4.82. The number of nitrogens with zero attached hydrogens (tertiary/aromatic N) is 2. The largest absolute Gasteiger partial charge is 0.376 e. The molecule has 0 aliphatic carbocycles. The summed E-state index contributed by atoms with van der Waals surface area (Å²) in [4.78, 5) is 22.2. The molecular weight excluding hydrogens is 406 g/mol. The first-order chi connectivity index (χ1) is 13.1. The third-order valence-corrected chi connectivity index (χ3v) is 5.32. The van der Waals surface area contributed by atoms with Crippen molar-refractivity contribution in [2.45, 2.75) is 31.9 Å².